The van der Waals surface area contributed by atoms with E-state index < -0.39 is 0 Å². The highest BCUT2D eigenvalue weighted by molar-refractivity contribution is 7.98. The van der Waals surface area contributed by atoms with E-state index >= 15 is 0 Å². The van der Waals surface area contributed by atoms with Crippen LogP contribution in [0.25, 0.3) is 0 Å². The second kappa shape index (κ2) is 8.21. The van der Waals surface area contributed by atoms with Gasteiger partial charge in [-0.2, -0.15) is 0 Å². The summed E-state index contributed by atoms with van der Waals surface area (Å²) in [4.78, 5) is 26.8. The van der Waals surface area contributed by atoms with Crippen LogP contribution in [0.15, 0.2) is 59.5 Å². The van der Waals surface area contributed by atoms with Crippen molar-refractivity contribution < 1.29 is 9.59 Å². The van der Waals surface area contributed by atoms with Gasteiger partial charge in [0.2, 0.25) is 5.91 Å². The van der Waals surface area contributed by atoms with Gasteiger partial charge in [0.15, 0.2) is 0 Å². The third kappa shape index (κ3) is 4.63. The van der Waals surface area contributed by atoms with Crippen LogP contribution in [0, 0.1) is 5.92 Å². The second-order valence-corrected chi connectivity index (χ2v) is 7.32. The van der Waals surface area contributed by atoms with Gasteiger partial charge in [0.25, 0.3) is 5.91 Å². The molecule has 3 rings (SSSR count). The quantitative estimate of drug-likeness (QED) is 0.838. The van der Waals surface area contributed by atoms with Crippen molar-refractivity contribution >= 4 is 23.6 Å². The molecular formula is C20H22N2O2S. The molecular weight excluding hydrogens is 332 g/mol. The first-order chi connectivity index (χ1) is 12.1. The highest BCUT2D eigenvalue weighted by atomic mass is 32.2. The Morgan fingerprint density at radius 1 is 1.00 bits per heavy atom. The minimum Gasteiger partial charge on any atom is -0.369 e. The summed E-state index contributed by atoms with van der Waals surface area (Å²) in [5.41, 5.74) is 7.24. The van der Waals surface area contributed by atoms with Crippen molar-refractivity contribution in [1.29, 1.82) is 0 Å². The maximum Gasteiger partial charge on any atom is 0.253 e. The van der Waals surface area contributed by atoms with Gasteiger partial charge in [-0.05, 0) is 42.7 Å². The maximum atomic E-state index is 12.6. The molecule has 0 radical (unpaired) electrons. The van der Waals surface area contributed by atoms with E-state index in [2.05, 4.69) is 12.1 Å². The van der Waals surface area contributed by atoms with Crippen molar-refractivity contribution in [2.45, 2.75) is 23.5 Å². The summed E-state index contributed by atoms with van der Waals surface area (Å²) in [6.45, 7) is 1.19. The minimum absolute atomic E-state index is 0.0326. The van der Waals surface area contributed by atoms with Crippen molar-refractivity contribution in [1.82, 2.24) is 4.90 Å². The Morgan fingerprint density at radius 2 is 1.64 bits per heavy atom. The Balaban J connectivity index is 1.55. The summed E-state index contributed by atoms with van der Waals surface area (Å²) >= 11 is 1.78. The number of hydrogen-bond donors (Lipinski definition) is 1. The van der Waals surface area contributed by atoms with E-state index in [0.717, 1.165) is 5.75 Å². The molecule has 0 aromatic heterocycles. The molecule has 4 nitrogen and oxygen atoms in total. The zero-order chi connectivity index (χ0) is 17.6. The summed E-state index contributed by atoms with van der Waals surface area (Å²) in [5, 5.41) is 0. The molecule has 2 aromatic carbocycles. The number of benzene rings is 2. The van der Waals surface area contributed by atoms with Crippen LogP contribution in [-0.4, -0.2) is 29.8 Å². The van der Waals surface area contributed by atoms with Gasteiger partial charge in [-0.15, -0.1) is 11.8 Å². The van der Waals surface area contributed by atoms with Crippen LogP contribution >= 0.6 is 11.8 Å². The molecule has 2 aromatic rings. The topological polar surface area (TPSA) is 63.4 Å². The molecule has 0 atom stereocenters. The number of primary amides is 1. The van der Waals surface area contributed by atoms with Crippen LogP contribution in [0.2, 0.25) is 0 Å². The van der Waals surface area contributed by atoms with Crippen molar-refractivity contribution in [2.75, 3.05) is 13.1 Å². The zero-order valence-corrected chi connectivity index (χ0v) is 14.9. The van der Waals surface area contributed by atoms with E-state index in [1.807, 2.05) is 47.4 Å². The van der Waals surface area contributed by atoms with Crippen molar-refractivity contribution in [3.05, 3.63) is 65.7 Å². The van der Waals surface area contributed by atoms with Gasteiger partial charge in [0.1, 0.15) is 0 Å². The second-order valence-electron chi connectivity index (χ2n) is 6.27. The lowest BCUT2D eigenvalue weighted by Gasteiger charge is -2.30. The Kier molecular flexibility index (Phi) is 5.76. The molecule has 0 spiro atoms. The van der Waals surface area contributed by atoms with Gasteiger partial charge < -0.3 is 10.6 Å². The lowest BCUT2D eigenvalue weighted by atomic mass is 9.96. The molecule has 1 saturated heterocycles. The van der Waals surface area contributed by atoms with E-state index in [1.54, 1.807) is 11.8 Å². The highest BCUT2D eigenvalue weighted by Crippen LogP contribution is 2.23. The smallest absolute Gasteiger partial charge is 0.253 e. The summed E-state index contributed by atoms with van der Waals surface area (Å²) in [6, 6.07) is 18.1. The molecule has 5 heteroatoms. The normalized spacial score (nSPS) is 15.1. The van der Waals surface area contributed by atoms with E-state index in [9.17, 15) is 9.59 Å². The van der Waals surface area contributed by atoms with Crippen LogP contribution in [0.4, 0.5) is 0 Å². The fourth-order valence-corrected chi connectivity index (χ4v) is 3.85. The van der Waals surface area contributed by atoms with Crippen LogP contribution in [0.5, 0.6) is 0 Å². The van der Waals surface area contributed by atoms with Gasteiger partial charge in [-0.3, -0.25) is 9.59 Å². The Labute approximate surface area is 152 Å². The number of thioether (sulfide) groups is 1. The molecule has 0 saturated carbocycles. The van der Waals surface area contributed by atoms with Crippen LogP contribution < -0.4 is 5.73 Å². The number of carbonyl (C=O) groups excluding carboxylic acids is 2. The average molecular weight is 354 g/mol. The molecule has 1 heterocycles. The van der Waals surface area contributed by atoms with E-state index in [-0.39, 0.29) is 17.7 Å². The number of hydrogen-bond acceptors (Lipinski definition) is 3. The molecule has 1 aliphatic heterocycles. The summed E-state index contributed by atoms with van der Waals surface area (Å²) in [7, 11) is 0. The van der Waals surface area contributed by atoms with Crippen LogP contribution in [0.1, 0.15) is 28.8 Å². The lowest BCUT2D eigenvalue weighted by molar-refractivity contribution is -0.123. The number of likely N-dealkylation sites (tertiary alicyclic amines) is 1. The van der Waals surface area contributed by atoms with Crippen LogP contribution in [-0.2, 0) is 10.5 Å². The Morgan fingerprint density at radius 3 is 2.24 bits per heavy atom. The first-order valence-corrected chi connectivity index (χ1v) is 9.47. The standard InChI is InChI=1S/C20H22N2O2S/c21-19(23)16-10-12-22(13-11-16)20(24)17-8-6-15(7-9-17)14-25-18-4-2-1-3-5-18/h1-9,16H,10-14H2,(H2,21,23). The highest BCUT2D eigenvalue weighted by Gasteiger charge is 2.26. The van der Waals surface area contributed by atoms with Gasteiger partial charge in [0, 0.05) is 35.2 Å². The molecule has 2 N–H and O–H groups in total. The third-order valence-electron chi connectivity index (χ3n) is 4.53. The number of rotatable bonds is 5. The fourth-order valence-electron chi connectivity index (χ4n) is 2.98. The molecule has 0 unspecified atom stereocenters. The molecule has 2 amide bonds. The van der Waals surface area contributed by atoms with Gasteiger partial charge in [-0.25, -0.2) is 0 Å². The van der Waals surface area contributed by atoms with E-state index in [1.165, 1.54) is 10.5 Å². The van der Waals surface area contributed by atoms with Gasteiger partial charge in [-0.1, -0.05) is 30.3 Å². The predicted molar refractivity (Wildman–Crippen MR) is 100 cm³/mol. The predicted octanol–water partition coefficient (Wildman–Crippen LogP) is 3.32. The molecule has 0 bridgehead atoms. The molecule has 1 fully saturated rings. The van der Waals surface area contributed by atoms with E-state index in [0.29, 0.717) is 31.5 Å². The number of piperidine rings is 1. The number of nitrogens with two attached hydrogens (primary N) is 1. The van der Waals surface area contributed by atoms with Gasteiger partial charge in [0.05, 0.1) is 0 Å². The van der Waals surface area contributed by atoms with E-state index in [4.69, 9.17) is 5.73 Å². The number of amides is 2. The Hall–Kier alpha value is -2.27. The average Bonchev–Trinajstić information content (AvgIpc) is 2.67. The minimum atomic E-state index is -0.257. The largest absolute Gasteiger partial charge is 0.369 e. The number of nitrogens with zero attached hydrogens (tertiary/aromatic N) is 1. The summed E-state index contributed by atoms with van der Waals surface area (Å²) in [6.07, 6.45) is 1.32. The van der Waals surface area contributed by atoms with Gasteiger partial charge >= 0.3 is 0 Å². The number of carbonyl (C=O) groups is 2. The van der Waals surface area contributed by atoms with Crippen molar-refractivity contribution in [3.63, 3.8) is 0 Å². The third-order valence-corrected chi connectivity index (χ3v) is 5.62. The molecule has 25 heavy (non-hydrogen) atoms. The molecule has 1 aliphatic rings. The first kappa shape index (κ1) is 17.5. The lowest BCUT2D eigenvalue weighted by Crippen LogP contribution is -2.41. The molecule has 0 aliphatic carbocycles. The van der Waals surface area contributed by atoms with Crippen LogP contribution in [0.3, 0.4) is 0 Å². The maximum absolute atomic E-state index is 12.6. The zero-order valence-electron chi connectivity index (χ0n) is 14.1. The first-order valence-electron chi connectivity index (χ1n) is 8.49. The Bertz CT molecular complexity index is 723. The summed E-state index contributed by atoms with van der Waals surface area (Å²) < 4.78 is 0. The van der Waals surface area contributed by atoms with Crippen molar-refractivity contribution in [2.24, 2.45) is 11.7 Å². The SMILES string of the molecule is NC(=O)C1CCN(C(=O)c2ccc(CSc3ccccc3)cc2)CC1. The molecule has 130 valence electrons. The summed E-state index contributed by atoms with van der Waals surface area (Å²) in [5.74, 6) is 0.557. The van der Waals surface area contributed by atoms with Crippen molar-refractivity contribution in [3.8, 4) is 0 Å². The fraction of sp³-hybridized carbons (Fsp3) is 0.300. The monoisotopic (exact) mass is 354 g/mol.